The molecule has 0 heterocycles. The van der Waals surface area contributed by atoms with E-state index in [1.807, 2.05) is 0 Å². The van der Waals surface area contributed by atoms with Crippen LogP contribution in [0.1, 0.15) is 81.6 Å². The Labute approximate surface area is 109 Å². The van der Waals surface area contributed by atoms with E-state index in [-0.39, 0.29) is 16.2 Å². The van der Waals surface area contributed by atoms with Crippen molar-refractivity contribution in [3.8, 4) is 0 Å². The van der Waals surface area contributed by atoms with Gasteiger partial charge in [-0.05, 0) is 35.5 Å². The maximum atomic E-state index is 13.1. The van der Waals surface area contributed by atoms with Crippen molar-refractivity contribution < 1.29 is 5.11 Å². The summed E-state index contributed by atoms with van der Waals surface area (Å²) in [6.07, 6.45) is 2.28. The first-order valence-corrected chi connectivity index (χ1v) is 6.83. The van der Waals surface area contributed by atoms with E-state index < -0.39 is 5.60 Å². The van der Waals surface area contributed by atoms with Gasteiger partial charge in [0.25, 0.3) is 0 Å². The Morgan fingerprint density at radius 1 is 0.529 bits per heavy atom. The van der Waals surface area contributed by atoms with Crippen molar-refractivity contribution in [1.29, 1.82) is 0 Å². The monoisotopic (exact) mass is 241 g/mol. The largest absolute Gasteiger partial charge is 0.229 e. The lowest BCUT2D eigenvalue weighted by molar-refractivity contribution is -0.107. The van der Waals surface area contributed by atoms with Gasteiger partial charge in [-0.1, -0.05) is 62.3 Å². The minimum atomic E-state index is -0.797. The van der Waals surface area contributed by atoms with E-state index >= 15 is 0 Å². The van der Waals surface area contributed by atoms with Crippen molar-refractivity contribution >= 4 is 0 Å². The Hall–Kier alpha value is -0.0400. The molecular formula is C16H33O. The first-order valence-electron chi connectivity index (χ1n) is 6.83. The topological polar surface area (TPSA) is 19.9 Å². The summed E-state index contributed by atoms with van der Waals surface area (Å²) in [7, 11) is 0. The zero-order chi connectivity index (χ0) is 14.1. The Morgan fingerprint density at radius 2 is 0.706 bits per heavy atom. The first kappa shape index (κ1) is 17.0. The summed E-state index contributed by atoms with van der Waals surface area (Å²) in [6.45, 7) is 19.5. The number of hydrogen-bond acceptors (Lipinski definition) is 0. The predicted octanol–water partition coefficient (Wildman–Crippen LogP) is 5.46. The van der Waals surface area contributed by atoms with Gasteiger partial charge >= 0.3 is 0 Å². The Kier molecular flexibility index (Phi) is 4.90. The van der Waals surface area contributed by atoms with Crippen LogP contribution >= 0.6 is 0 Å². The Balaban J connectivity index is 4.95. The minimum Gasteiger partial charge on any atom is -0.229 e. The van der Waals surface area contributed by atoms with Gasteiger partial charge in [0, 0.05) is 0 Å². The van der Waals surface area contributed by atoms with Gasteiger partial charge in [-0.2, -0.15) is 0 Å². The van der Waals surface area contributed by atoms with Gasteiger partial charge in [0.15, 0.2) is 0 Å². The molecule has 1 nitrogen and oxygen atoms in total. The van der Waals surface area contributed by atoms with E-state index in [0.717, 1.165) is 19.3 Å². The van der Waals surface area contributed by atoms with E-state index in [0.29, 0.717) is 0 Å². The summed E-state index contributed by atoms with van der Waals surface area (Å²) in [6, 6.07) is 0. The molecule has 0 fully saturated rings. The zero-order valence-electron chi connectivity index (χ0n) is 13.5. The third kappa shape index (κ3) is 9.64. The van der Waals surface area contributed by atoms with E-state index in [2.05, 4.69) is 62.3 Å². The fraction of sp³-hybridized carbons (Fsp3) is 1.00. The Bertz CT molecular complexity index is 191. The average molecular weight is 241 g/mol. The normalized spacial score (nSPS) is 15.2. The van der Waals surface area contributed by atoms with Gasteiger partial charge in [0.05, 0.1) is 0 Å². The second-order valence-electron chi connectivity index (χ2n) is 9.40. The molecule has 0 rings (SSSR count). The maximum absolute atomic E-state index is 13.1. The van der Waals surface area contributed by atoms with Gasteiger partial charge in [-0.25, -0.2) is 5.11 Å². The van der Waals surface area contributed by atoms with Crippen LogP contribution in [0.5, 0.6) is 0 Å². The summed E-state index contributed by atoms with van der Waals surface area (Å²) < 4.78 is 0. The van der Waals surface area contributed by atoms with E-state index in [4.69, 9.17) is 0 Å². The molecule has 0 aromatic rings. The SMILES string of the molecule is CC(C)(C)CC([O])(CC(C)(C)C)CC(C)(C)C. The van der Waals surface area contributed by atoms with Gasteiger partial charge in [0.1, 0.15) is 5.60 Å². The third-order valence-corrected chi connectivity index (χ3v) is 2.56. The summed E-state index contributed by atoms with van der Waals surface area (Å²) in [4.78, 5) is 0. The van der Waals surface area contributed by atoms with Crippen LogP contribution in [0.3, 0.4) is 0 Å². The lowest BCUT2D eigenvalue weighted by atomic mass is 9.68. The third-order valence-electron chi connectivity index (χ3n) is 2.56. The van der Waals surface area contributed by atoms with Crippen LogP contribution in [0.4, 0.5) is 0 Å². The summed E-state index contributed by atoms with van der Waals surface area (Å²) >= 11 is 0. The highest BCUT2D eigenvalue weighted by Crippen LogP contribution is 2.42. The molecule has 0 aromatic carbocycles. The fourth-order valence-corrected chi connectivity index (χ4v) is 3.09. The van der Waals surface area contributed by atoms with Gasteiger partial charge in [0.2, 0.25) is 0 Å². The maximum Gasteiger partial charge on any atom is 0.105 e. The van der Waals surface area contributed by atoms with Gasteiger partial charge < -0.3 is 0 Å². The van der Waals surface area contributed by atoms with Crippen molar-refractivity contribution in [2.45, 2.75) is 87.2 Å². The highest BCUT2D eigenvalue weighted by Gasteiger charge is 2.40. The van der Waals surface area contributed by atoms with Crippen molar-refractivity contribution in [2.75, 3.05) is 0 Å². The number of hydrogen-bond donors (Lipinski definition) is 0. The van der Waals surface area contributed by atoms with E-state index in [1.54, 1.807) is 0 Å². The molecule has 1 radical (unpaired) electrons. The second-order valence-corrected chi connectivity index (χ2v) is 9.40. The highest BCUT2D eigenvalue weighted by atomic mass is 16.3. The van der Waals surface area contributed by atoms with Gasteiger partial charge in [-0.3, -0.25) is 0 Å². The van der Waals surface area contributed by atoms with E-state index in [1.165, 1.54) is 0 Å². The van der Waals surface area contributed by atoms with Crippen LogP contribution in [-0.4, -0.2) is 5.60 Å². The fourth-order valence-electron chi connectivity index (χ4n) is 3.09. The van der Waals surface area contributed by atoms with Crippen LogP contribution < -0.4 is 0 Å². The van der Waals surface area contributed by atoms with Crippen LogP contribution in [0.15, 0.2) is 0 Å². The summed E-state index contributed by atoms with van der Waals surface area (Å²) in [5.74, 6) is 0. The van der Waals surface area contributed by atoms with Crippen molar-refractivity contribution in [1.82, 2.24) is 0 Å². The van der Waals surface area contributed by atoms with Crippen LogP contribution in [0.25, 0.3) is 0 Å². The molecule has 0 saturated heterocycles. The van der Waals surface area contributed by atoms with E-state index in [9.17, 15) is 5.11 Å². The molecule has 103 valence electrons. The molecule has 0 bridgehead atoms. The van der Waals surface area contributed by atoms with Crippen molar-refractivity contribution in [3.05, 3.63) is 0 Å². The smallest absolute Gasteiger partial charge is 0.105 e. The molecule has 0 spiro atoms. The molecule has 0 aliphatic rings. The molecule has 0 aliphatic carbocycles. The molecule has 0 aromatic heterocycles. The summed E-state index contributed by atoms with van der Waals surface area (Å²) in [5, 5.41) is 13.1. The van der Waals surface area contributed by atoms with Crippen LogP contribution in [0.2, 0.25) is 0 Å². The standard InChI is InChI=1S/C16H33O/c1-13(2,3)10-16(17,11-14(4,5)6)12-15(7,8)9/h10-12H2,1-9H3. The minimum absolute atomic E-state index is 0.109. The molecule has 0 amide bonds. The zero-order valence-corrected chi connectivity index (χ0v) is 13.5. The average Bonchev–Trinajstić information content (AvgIpc) is 1.65. The molecule has 0 unspecified atom stereocenters. The molecule has 0 N–H and O–H groups in total. The molecule has 0 saturated carbocycles. The molecular weight excluding hydrogens is 208 g/mol. The van der Waals surface area contributed by atoms with Crippen LogP contribution in [0, 0.1) is 16.2 Å². The first-order chi connectivity index (χ1) is 7.12. The number of rotatable bonds is 3. The second kappa shape index (κ2) is 4.91. The van der Waals surface area contributed by atoms with Crippen molar-refractivity contribution in [3.63, 3.8) is 0 Å². The predicted molar refractivity (Wildman–Crippen MR) is 75.6 cm³/mol. The Morgan fingerprint density at radius 3 is 0.824 bits per heavy atom. The molecule has 0 atom stereocenters. The summed E-state index contributed by atoms with van der Waals surface area (Å²) in [5.41, 5.74) is -0.469. The molecule has 17 heavy (non-hydrogen) atoms. The molecule has 0 aliphatic heterocycles. The van der Waals surface area contributed by atoms with Crippen LogP contribution in [-0.2, 0) is 5.11 Å². The molecule has 1 heteroatoms. The lowest BCUT2D eigenvalue weighted by Crippen LogP contribution is -2.39. The highest BCUT2D eigenvalue weighted by molar-refractivity contribution is 4.90. The lowest BCUT2D eigenvalue weighted by Gasteiger charge is -2.40. The quantitative estimate of drug-likeness (QED) is 0.625. The van der Waals surface area contributed by atoms with Crippen molar-refractivity contribution in [2.24, 2.45) is 16.2 Å². The van der Waals surface area contributed by atoms with Gasteiger partial charge in [-0.15, -0.1) is 0 Å².